The zero-order valence-corrected chi connectivity index (χ0v) is 15.9. The molecule has 1 saturated carbocycles. The number of carbonyl (C=O) groups is 1. The van der Waals surface area contributed by atoms with E-state index in [1.807, 2.05) is 0 Å². The molecule has 0 N–H and O–H groups in total. The van der Waals surface area contributed by atoms with Crippen LogP contribution in [0.3, 0.4) is 0 Å². The third-order valence-corrected chi connectivity index (χ3v) is 5.23. The van der Waals surface area contributed by atoms with Gasteiger partial charge in [0.2, 0.25) is 0 Å². The van der Waals surface area contributed by atoms with Gasteiger partial charge in [0.15, 0.2) is 0 Å². The zero-order valence-electron chi connectivity index (χ0n) is 15.9. The predicted octanol–water partition coefficient (Wildman–Crippen LogP) is 6.66. The van der Waals surface area contributed by atoms with Gasteiger partial charge in [0.1, 0.15) is 11.5 Å². The van der Waals surface area contributed by atoms with Crippen LogP contribution in [0, 0.1) is 11.8 Å². The monoisotopic (exact) mass is 386 g/mol. The van der Waals surface area contributed by atoms with Crippen LogP contribution in [-0.4, -0.2) is 12.3 Å². The lowest BCUT2D eigenvalue weighted by Gasteiger charge is -2.28. The highest BCUT2D eigenvalue weighted by Crippen LogP contribution is 2.34. The van der Waals surface area contributed by atoms with E-state index in [1.54, 1.807) is 0 Å². The number of carbonyl (C=O) groups excluding carboxylic acids is 1. The van der Waals surface area contributed by atoms with Crippen molar-refractivity contribution in [3.05, 3.63) is 24.3 Å². The van der Waals surface area contributed by atoms with E-state index in [0.717, 1.165) is 24.5 Å². The van der Waals surface area contributed by atoms with Crippen LogP contribution in [0.4, 0.5) is 13.2 Å². The van der Waals surface area contributed by atoms with Crippen molar-refractivity contribution in [1.82, 2.24) is 0 Å². The van der Waals surface area contributed by atoms with Crippen molar-refractivity contribution in [2.45, 2.75) is 77.5 Å². The number of hydrogen-bond donors (Lipinski definition) is 0. The number of esters is 1. The van der Waals surface area contributed by atoms with E-state index < -0.39 is 6.36 Å². The van der Waals surface area contributed by atoms with Gasteiger partial charge in [0, 0.05) is 6.42 Å². The Kier molecular flexibility index (Phi) is 8.45. The average molecular weight is 386 g/mol. The van der Waals surface area contributed by atoms with Crippen molar-refractivity contribution in [3.63, 3.8) is 0 Å². The first kappa shape index (κ1) is 21.6. The molecule has 0 unspecified atom stereocenters. The highest BCUT2D eigenvalue weighted by atomic mass is 19.4. The molecule has 0 aliphatic heterocycles. The van der Waals surface area contributed by atoms with Crippen molar-refractivity contribution >= 4 is 5.97 Å². The van der Waals surface area contributed by atoms with Crippen LogP contribution in [0.25, 0.3) is 0 Å². The fourth-order valence-corrected chi connectivity index (χ4v) is 3.71. The molecule has 6 heteroatoms. The molecule has 27 heavy (non-hydrogen) atoms. The van der Waals surface area contributed by atoms with Crippen molar-refractivity contribution in [2.75, 3.05) is 0 Å². The molecule has 3 nitrogen and oxygen atoms in total. The number of rotatable bonds is 9. The standard InChI is InChI=1S/C21H29F3O3/c1-2-3-4-5-16-6-8-17(9-7-16)10-15-20(25)26-18-11-13-19(14-12-18)27-21(22,23)24/h11-14,16-17H,2-10,15H2,1H3/t16-,17-. The summed E-state index contributed by atoms with van der Waals surface area (Å²) in [6.45, 7) is 2.22. The highest BCUT2D eigenvalue weighted by Gasteiger charge is 2.31. The van der Waals surface area contributed by atoms with Crippen LogP contribution in [0.1, 0.15) is 71.1 Å². The molecular formula is C21H29F3O3. The molecule has 1 aliphatic rings. The van der Waals surface area contributed by atoms with Crippen molar-refractivity contribution < 1.29 is 27.4 Å². The minimum absolute atomic E-state index is 0.231. The Balaban J connectivity index is 1.65. The molecule has 0 bridgehead atoms. The Morgan fingerprint density at radius 2 is 1.52 bits per heavy atom. The molecule has 0 aromatic heterocycles. The second kappa shape index (κ2) is 10.6. The van der Waals surface area contributed by atoms with E-state index in [1.165, 1.54) is 63.5 Å². The summed E-state index contributed by atoms with van der Waals surface area (Å²) in [6.07, 6.45) is 6.51. The van der Waals surface area contributed by atoms with Crippen molar-refractivity contribution in [2.24, 2.45) is 11.8 Å². The van der Waals surface area contributed by atoms with Gasteiger partial charge in [0.25, 0.3) is 0 Å². The fourth-order valence-electron chi connectivity index (χ4n) is 3.71. The topological polar surface area (TPSA) is 35.5 Å². The Hall–Kier alpha value is -1.72. The molecule has 1 aromatic carbocycles. The van der Waals surface area contributed by atoms with Crippen LogP contribution in [-0.2, 0) is 4.79 Å². The summed E-state index contributed by atoms with van der Waals surface area (Å²) in [5.41, 5.74) is 0. The van der Waals surface area contributed by atoms with E-state index in [2.05, 4.69) is 11.7 Å². The third kappa shape index (κ3) is 8.67. The van der Waals surface area contributed by atoms with Gasteiger partial charge >= 0.3 is 12.3 Å². The Morgan fingerprint density at radius 1 is 0.963 bits per heavy atom. The number of alkyl halides is 3. The molecule has 1 fully saturated rings. The normalized spacial score (nSPS) is 20.3. The molecule has 1 aromatic rings. The second-order valence-corrected chi connectivity index (χ2v) is 7.41. The largest absolute Gasteiger partial charge is 0.573 e. The van der Waals surface area contributed by atoms with Gasteiger partial charge in [0.05, 0.1) is 0 Å². The van der Waals surface area contributed by atoms with Crippen molar-refractivity contribution in [3.8, 4) is 11.5 Å². The highest BCUT2D eigenvalue weighted by molar-refractivity contribution is 5.72. The molecule has 0 saturated heterocycles. The van der Waals surface area contributed by atoms with Gasteiger partial charge in [-0.2, -0.15) is 0 Å². The lowest BCUT2D eigenvalue weighted by atomic mass is 9.78. The van der Waals surface area contributed by atoms with Crippen LogP contribution < -0.4 is 9.47 Å². The SMILES string of the molecule is CCCCC[C@H]1CC[C@H](CCC(=O)Oc2ccc(OC(F)(F)F)cc2)CC1. The quantitative estimate of drug-likeness (QED) is 0.270. The minimum Gasteiger partial charge on any atom is -0.427 e. The summed E-state index contributed by atoms with van der Waals surface area (Å²) in [4.78, 5) is 12.0. The minimum atomic E-state index is -4.73. The summed E-state index contributed by atoms with van der Waals surface area (Å²) in [6, 6.07) is 4.88. The molecule has 2 rings (SSSR count). The first-order valence-electron chi connectivity index (χ1n) is 9.92. The van der Waals surface area contributed by atoms with E-state index >= 15 is 0 Å². The van der Waals surface area contributed by atoms with E-state index in [9.17, 15) is 18.0 Å². The van der Waals surface area contributed by atoms with Gasteiger partial charge in [-0.1, -0.05) is 58.3 Å². The van der Waals surface area contributed by atoms with E-state index in [4.69, 9.17) is 4.74 Å². The lowest BCUT2D eigenvalue weighted by Crippen LogP contribution is -2.17. The third-order valence-electron chi connectivity index (χ3n) is 5.23. The lowest BCUT2D eigenvalue weighted by molar-refractivity contribution is -0.274. The average Bonchev–Trinajstić information content (AvgIpc) is 2.62. The van der Waals surface area contributed by atoms with Crippen LogP contribution in [0.5, 0.6) is 11.5 Å². The predicted molar refractivity (Wildman–Crippen MR) is 97.6 cm³/mol. The van der Waals surface area contributed by atoms with Gasteiger partial charge in [-0.3, -0.25) is 4.79 Å². The number of ether oxygens (including phenoxy) is 2. The molecule has 0 spiro atoms. The first-order valence-corrected chi connectivity index (χ1v) is 9.92. The molecule has 0 atom stereocenters. The maximum atomic E-state index is 12.1. The summed E-state index contributed by atoms with van der Waals surface area (Å²) in [5, 5.41) is 0. The maximum absolute atomic E-state index is 12.1. The smallest absolute Gasteiger partial charge is 0.427 e. The van der Waals surface area contributed by atoms with E-state index in [-0.39, 0.29) is 17.5 Å². The summed E-state index contributed by atoms with van der Waals surface area (Å²) in [7, 11) is 0. The van der Waals surface area contributed by atoms with Gasteiger partial charge in [-0.15, -0.1) is 13.2 Å². The van der Waals surface area contributed by atoms with Crippen LogP contribution in [0.15, 0.2) is 24.3 Å². The van der Waals surface area contributed by atoms with Gasteiger partial charge < -0.3 is 9.47 Å². The summed E-state index contributed by atoms with van der Waals surface area (Å²) < 4.78 is 45.4. The first-order chi connectivity index (χ1) is 12.9. The van der Waals surface area contributed by atoms with Crippen molar-refractivity contribution in [1.29, 1.82) is 0 Å². The molecular weight excluding hydrogens is 357 g/mol. The van der Waals surface area contributed by atoms with Gasteiger partial charge in [-0.05, 0) is 42.5 Å². The molecule has 152 valence electrons. The Labute approximate surface area is 159 Å². The molecule has 1 aliphatic carbocycles. The number of hydrogen-bond acceptors (Lipinski definition) is 3. The Bertz CT molecular complexity index is 561. The van der Waals surface area contributed by atoms with Crippen LogP contribution in [0.2, 0.25) is 0 Å². The number of benzene rings is 1. The molecule has 0 amide bonds. The van der Waals surface area contributed by atoms with E-state index in [0.29, 0.717) is 12.3 Å². The molecule has 0 heterocycles. The molecule has 0 radical (unpaired) electrons. The zero-order chi connectivity index (χ0) is 19.7. The number of unbranched alkanes of at least 4 members (excludes halogenated alkanes) is 2. The number of halogens is 3. The second-order valence-electron chi connectivity index (χ2n) is 7.41. The van der Waals surface area contributed by atoms with Crippen LogP contribution >= 0.6 is 0 Å². The fraction of sp³-hybridized carbons (Fsp3) is 0.667. The van der Waals surface area contributed by atoms with Gasteiger partial charge in [-0.25, -0.2) is 0 Å². The summed E-state index contributed by atoms with van der Waals surface area (Å²) >= 11 is 0. The Morgan fingerprint density at radius 3 is 2.07 bits per heavy atom. The summed E-state index contributed by atoms with van der Waals surface area (Å²) in [5.74, 6) is 0.969. The maximum Gasteiger partial charge on any atom is 0.573 e.